The highest BCUT2D eigenvalue weighted by Gasteiger charge is 2.09. The van der Waals surface area contributed by atoms with E-state index >= 15 is 0 Å². The molecule has 0 saturated heterocycles. The zero-order valence-electron chi connectivity index (χ0n) is 7.31. The van der Waals surface area contributed by atoms with Crippen LogP contribution in [0.3, 0.4) is 0 Å². The maximum Gasteiger partial charge on any atom is 0.543 e. The van der Waals surface area contributed by atoms with Gasteiger partial charge in [0.2, 0.25) is 0 Å². The second-order valence-corrected chi connectivity index (χ2v) is 2.17. The van der Waals surface area contributed by atoms with Gasteiger partial charge in [0.15, 0.2) is 0 Å². The molecule has 0 aliphatic rings. The van der Waals surface area contributed by atoms with E-state index in [4.69, 9.17) is 0 Å². The molecule has 0 unspecified atom stereocenters. The number of hydrogen-bond acceptors (Lipinski definition) is 6. The van der Waals surface area contributed by atoms with Crippen LogP contribution in [0.25, 0.3) is 0 Å². The molecule has 0 spiro atoms. The molecule has 0 rings (SSSR count). The maximum absolute atomic E-state index is 10.5. The Balaban J connectivity index is 3.48. The van der Waals surface area contributed by atoms with E-state index in [2.05, 4.69) is 26.1 Å². The molecular weight excluding hydrogens is 180 g/mol. The predicted molar refractivity (Wildman–Crippen MR) is 40.1 cm³/mol. The van der Waals surface area contributed by atoms with Gasteiger partial charge in [0.05, 0.1) is 11.1 Å². The summed E-state index contributed by atoms with van der Waals surface area (Å²) in [6, 6.07) is 0. The van der Waals surface area contributed by atoms with Crippen LogP contribution in [0.2, 0.25) is 0 Å². The van der Waals surface area contributed by atoms with Crippen molar-refractivity contribution in [3.63, 3.8) is 0 Å². The summed E-state index contributed by atoms with van der Waals surface area (Å²) in [5.41, 5.74) is 0. The Hall–Kier alpha value is -1.56. The molecule has 6 heteroatoms. The summed E-state index contributed by atoms with van der Waals surface area (Å²) in [4.78, 5) is 28.6. The van der Waals surface area contributed by atoms with Crippen LogP contribution < -0.4 is 0 Å². The molecule has 0 saturated carbocycles. The molecule has 0 bridgehead atoms. The summed E-state index contributed by atoms with van der Waals surface area (Å²) in [5, 5.41) is 3.75. The number of carbonyl (C=O) groups is 2. The van der Waals surface area contributed by atoms with Crippen LogP contribution >= 0.6 is 0 Å². The van der Waals surface area contributed by atoms with Gasteiger partial charge in [-0.25, -0.2) is 14.5 Å². The minimum atomic E-state index is -1.09. The van der Waals surface area contributed by atoms with E-state index in [9.17, 15) is 9.59 Å². The first-order valence-corrected chi connectivity index (χ1v) is 3.44. The van der Waals surface area contributed by atoms with Gasteiger partial charge in [-0.05, 0) is 13.8 Å². The van der Waals surface area contributed by atoms with Gasteiger partial charge in [0, 0.05) is 6.08 Å². The fourth-order valence-corrected chi connectivity index (χ4v) is 0.324. The quantitative estimate of drug-likeness (QED) is 0.286. The van der Waals surface area contributed by atoms with E-state index in [-0.39, 0.29) is 6.10 Å². The van der Waals surface area contributed by atoms with Gasteiger partial charge in [-0.15, -0.1) is 0 Å². The van der Waals surface area contributed by atoms with Crippen molar-refractivity contribution in [1.29, 1.82) is 0 Å². The lowest BCUT2D eigenvalue weighted by Crippen LogP contribution is -2.14. The predicted octanol–water partition coefficient (Wildman–Crippen LogP) is 1.12. The van der Waals surface area contributed by atoms with Gasteiger partial charge in [-0.1, -0.05) is 6.58 Å². The lowest BCUT2D eigenvalue weighted by atomic mass is 10.5. The maximum atomic E-state index is 10.5. The Labute approximate surface area is 74.9 Å². The highest BCUT2D eigenvalue weighted by molar-refractivity contribution is 5.80. The minimum absolute atomic E-state index is 0.341. The largest absolute Gasteiger partial charge is 0.543 e. The Morgan fingerprint density at radius 1 is 1.31 bits per heavy atom. The molecule has 0 aromatic rings. The van der Waals surface area contributed by atoms with Crippen molar-refractivity contribution in [2.24, 2.45) is 0 Å². The highest BCUT2D eigenvalue weighted by atomic mass is 17.5. The average molecular weight is 190 g/mol. The Kier molecular flexibility index (Phi) is 5.29. The third kappa shape index (κ3) is 6.82. The molecule has 0 fully saturated rings. The Bertz CT molecular complexity index is 197. The van der Waals surface area contributed by atoms with E-state index in [1.807, 2.05) is 0 Å². The van der Waals surface area contributed by atoms with Crippen LogP contribution in [0.15, 0.2) is 12.7 Å². The fraction of sp³-hybridized carbons (Fsp3) is 0.429. The molecule has 0 aliphatic carbocycles. The zero-order valence-corrected chi connectivity index (χ0v) is 7.31. The summed E-state index contributed by atoms with van der Waals surface area (Å²) in [6.45, 7) is 6.32. The van der Waals surface area contributed by atoms with Gasteiger partial charge in [0.1, 0.15) is 0 Å². The number of carbonyl (C=O) groups excluding carboxylic acids is 2. The van der Waals surface area contributed by atoms with Crippen LogP contribution in [-0.2, 0) is 24.3 Å². The van der Waals surface area contributed by atoms with Gasteiger partial charge in [0.25, 0.3) is 0 Å². The van der Waals surface area contributed by atoms with Crippen molar-refractivity contribution in [1.82, 2.24) is 0 Å². The molecule has 6 nitrogen and oxygen atoms in total. The molecule has 74 valence electrons. The number of rotatable bonds is 4. The molecule has 0 aromatic carbocycles. The minimum Gasteiger partial charge on any atom is -0.430 e. The lowest BCUT2D eigenvalue weighted by molar-refractivity contribution is -0.457. The van der Waals surface area contributed by atoms with E-state index in [1.165, 1.54) is 0 Å². The van der Waals surface area contributed by atoms with Crippen molar-refractivity contribution in [2.45, 2.75) is 20.0 Å². The van der Waals surface area contributed by atoms with Crippen molar-refractivity contribution in [3.8, 4) is 0 Å². The smallest absolute Gasteiger partial charge is 0.430 e. The van der Waals surface area contributed by atoms with Crippen LogP contribution in [-0.4, -0.2) is 18.2 Å². The average Bonchev–Trinajstić information content (AvgIpc) is 2.02. The van der Waals surface area contributed by atoms with E-state index in [0.29, 0.717) is 0 Å². The molecule has 0 aromatic heterocycles. The Morgan fingerprint density at radius 3 is 2.38 bits per heavy atom. The molecule has 13 heavy (non-hydrogen) atoms. The van der Waals surface area contributed by atoms with Crippen LogP contribution in [0.1, 0.15) is 13.8 Å². The van der Waals surface area contributed by atoms with Crippen molar-refractivity contribution >= 4 is 12.1 Å². The van der Waals surface area contributed by atoms with E-state index in [1.54, 1.807) is 13.8 Å². The van der Waals surface area contributed by atoms with Crippen molar-refractivity contribution < 1.29 is 29.1 Å². The van der Waals surface area contributed by atoms with Crippen LogP contribution in [0.4, 0.5) is 4.79 Å². The highest BCUT2D eigenvalue weighted by Crippen LogP contribution is 1.94. The van der Waals surface area contributed by atoms with Crippen LogP contribution in [0, 0.1) is 0 Å². The van der Waals surface area contributed by atoms with E-state index < -0.39 is 12.1 Å². The third-order valence-corrected chi connectivity index (χ3v) is 0.717. The molecule has 0 heterocycles. The summed E-state index contributed by atoms with van der Waals surface area (Å²) in [6.07, 6.45) is -0.588. The SMILES string of the molecule is C=CC(=O)OOOC(=O)OC(C)C. The molecule has 0 atom stereocenters. The molecule has 0 radical (unpaired) electrons. The lowest BCUT2D eigenvalue weighted by Gasteiger charge is -2.04. The monoisotopic (exact) mass is 190 g/mol. The van der Waals surface area contributed by atoms with Gasteiger partial charge < -0.3 is 4.74 Å². The molecule has 0 aliphatic heterocycles. The zero-order chi connectivity index (χ0) is 10.3. The Morgan fingerprint density at radius 2 is 1.92 bits per heavy atom. The summed E-state index contributed by atoms with van der Waals surface area (Å²) in [5.74, 6) is -0.877. The first-order valence-electron chi connectivity index (χ1n) is 3.44. The van der Waals surface area contributed by atoms with Gasteiger partial charge >= 0.3 is 12.1 Å². The fourth-order valence-electron chi connectivity index (χ4n) is 0.324. The molecular formula is C7H10O6. The second kappa shape index (κ2) is 6.01. The summed E-state index contributed by atoms with van der Waals surface area (Å²) in [7, 11) is 0. The first-order chi connectivity index (χ1) is 6.06. The molecule has 0 N–H and O–H groups in total. The second-order valence-electron chi connectivity index (χ2n) is 2.17. The normalized spacial score (nSPS) is 9.15. The van der Waals surface area contributed by atoms with Gasteiger partial charge in [-0.3, -0.25) is 4.89 Å². The van der Waals surface area contributed by atoms with Crippen molar-refractivity contribution in [3.05, 3.63) is 12.7 Å². The topological polar surface area (TPSA) is 71.1 Å². The third-order valence-electron chi connectivity index (χ3n) is 0.717. The summed E-state index contributed by atoms with van der Waals surface area (Å²) < 4.78 is 4.46. The van der Waals surface area contributed by atoms with Crippen LogP contribution in [0.5, 0.6) is 0 Å². The standard InChI is InChI=1S/C7H10O6/c1-4-6(8)11-13-12-7(9)10-5(2)3/h4-5H,1H2,2-3H3. The first kappa shape index (κ1) is 11.4. The molecule has 0 amide bonds. The van der Waals surface area contributed by atoms with Gasteiger partial charge in [-0.2, -0.15) is 0 Å². The number of hydrogen-bond donors (Lipinski definition) is 0. The summed E-state index contributed by atoms with van der Waals surface area (Å²) >= 11 is 0. The number of ether oxygens (including phenoxy) is 1. The van der Waals surface area contributed by atoms with E-state index in [0.717, 1.165) is 6.08 Å². The van der Waals surface area contributed by atoms with Crippen molar-refractivity contribution in [2.75, 3.05) is 0 Å².